The summed E-state index contributed by atoms with van der Waals surface area (Å²) < 4.78 is 0. The molecule has 1 saturated heterocycles. The largest absolute Gasteiger partial charge is 0.383 e. The Morgan fingerprint density at radius 2 is 2.22 bits per heavy atom. The molecule has 0 aromatic carbocycles. The molecular weight excluding hydrogens is 250 g/mol. The zero-order valence-corrected chi connectivity index (χ0v) is 11.2. The van der Waals surface area contributed by atoms with Gasteiger partial charge in [0.1, 0.15) is 11.6 Å². The van der Waals surface area contributed by atoms with Gasteiger partial charge in [-0.25, -0.2) is 9.97 Å². The first-order valence-electron chi connectivity index (χ1n) is 5.89. The number of hydrogen-bond acceptors (Lipinski definition) is 6. The maximum Gasteiger partial charge on any atom is 0.241 e. The molecule has 1 aromatic heterocycles. The molecule has 98 valence electrons. The molecule has 0 radical (unpaired) electrons. The van der Waals surface area contributed by atoms with Crippen LogP contribution in [0.5, 0.6) is 0 Å². The maximum atomic E-state index is 11.8. The van der Waals surface area contributed by atoms with Crippen molar-refractivity contribution in [2.75, 3.05) is 36.9 Å². The molecular formula is C11H17N5OS. The van der Waals surface area contributed by atoms with Gasteiger partial charge < -0.3 is 16.0 Å². The number of nitrogens with two attached hydrogens (primary N) is 1. The fraction of sp³-hybridized carbons (Fsp3) is 0.545. The van der Waals surface area contributed by atoms with E-state index < -0.39 is 0 Å². The number of hydrogen-bond donors (Lipinski definition) is 2. The number of aromatic nitrogens is 2. The van der Waals surface area contributed by atoms with Crippen molar-refractivity contribution in [1.82, 2.24) is 14.9 Å². The van der Waals surface area contributed by atoms with Gasteiger partial charge in [-0.1, -0.05) is 11.8 Å². The highest BCUT2D eigenvalue weighted by Crippen LogP contribution is 2.15. The number of likely N-dealkylation sites (tertiary alicyclic amines) is 1. The second-order valence-corrected chi connectivity index (χ2v) is 4.88. The monoisotopic (exact) mass is 267 g/mol. The number of carbonyl (C=O) groups excluding carboxylic acids is 1. The Morgan fingerprint density at radius 3 is 2.89 bits per heavy atom. The maximum absolute atomic E-state index is 11.8. The lowest BCUT2D eigenvalue weighted by Crippen LogP contribution is -2.33. The van der Waals surface area contributed by atoms with Crippen molar-refractivity contribution >= 4 is 29.3 Å². The zero-order chi connectivity index (χ0) is 13.0. The van der Waals surface area contributed by atoms with Gasteiger partial charge in [0.15, 0.2) is 5.16 Å². The van der Waals surface area contributed by atoms with Crippen molar-refractivity contribution in [2.24, 2.45) is 0 Å². The summed E-state index contributed by atoms with van der Waals surface area (Å²) in [5.41, 5.74) is 5.66. The molecule has 1 aliphatic rings. The molecule has 1 aliphatic heterocycles. The third-order valence-electron chi connectivity index (χ3n) is 2.79. The molecule has 7 heteroatoms. The van der Waals surface area contributed by atoms with Gasteiger partial charge in [-0.2, -0.15) is 0 Å². The summed E-state index contributed by atoms with van der Waals surface area (Å²) >= 11 is 1.42. The van der Waals surface area contributed by atoms with Crippen LogP contribution in [0.4, 0.5) is 11.6 Å². The Morgan fingerprint density at radius 1 is 1.50 bits per heavy atom. The van der Waals surface area contributed by atoms with Crippen LogP contribution in [0.2, 0.25) is 0 Å². The summed E-state index contributed by atoms with van der Waals surface area (Å²) in [7, 11) is 0. The third kappa shape index (κ3) is 3.25. The van der Waals surface area contributed by atoms with E-state index >= 15 is 0 Å². The topological polar surface area (TPSA) is 84.1 Å². The van der Waals surface area contributed by atoms with Crippen molar-refractivity contribution in [3.05, 3.63) is 6.07 Å². The standard InChI is InChI=1S/C11H17N5OS/c1-18-11-14-8(12)6-9(15-11)13-7-10(17)16-4-2-3-5-16/h6H,2-5,7H2,1H3,(H3,12,13,14,15). The molecule has 0 aliphatic carbocycles. The Hall–Kier alpha value is -1.50. The van der Waals surface area contributed by atoms with Crippen molar-refractivity contribution in [1.29, 1.82) is 0 Å². The van der Waals surface area contributed by atoms with Crippen LogP contribution in [0.3, 0.4) is 0 Å². The van der Waals surface area contributed by atoms with Gasteiger partial charge in [-0.3, -0.25) is 4.79 Å². The summed E-state index contributed by atoms with van der Waals surface area (Å²) in [6.07, 6.45) is 4.08. The van der Waals surface area contributed by atoms with Crippen LogP contribution in [0.15, 0.2) is 11.2 Å². The fourth-order valence-electron chi connectivity index (χ4n) is 1.87. The Bertz CT molecular complexity index is 433. The highest BCUT2D eigenvalue weighted by atomic mass is 32.2. The molecule has 18 heavy (non-hydrogen) atoms. The van der Waals surface area contributed by atoms with E-state index in [1.54, 1.807) is 6.07 Å². The summed E-state index contributed by atoms with van der Waals surface area (Å²) in [5, 5.41) is 3.60. The molecule has 2 heterocycles. The van der Waals surface area contributed by atoms with Crippen molar-refractivity contribution in [3.8, 4) is 0 Å². The van der Waals surface area contributed by atoms with Gasteiger partial charge in [0.2, 0.25) is 5.91 Å². The number of nitrogens with one attached hydrogen (secondary N) is 1. The first kappa shape index (κ1) is 12.9. The SMILES string of the molecule is CSc1nc(N)cc(NCC(=O)N2CCCC2)n1. The van der Waals surface area contributed by atoms with Crippen LogP contribution >= 0.6 is 11.8 Å². The van der Waals surface area contributed by atoms with Gasteiger partial charge >= 0.3 is 0 Å². The normalized spacial score (nSPS) is 14.8. The summed E-state index contributed by atoms with van der Waals surface area (Å²) in [6, 6.07) is 1.64. The molecule has 3 N–H and O–H groups in total. The molecule has 1 aromatic rings. The lowest BCUT2D eigenvalue weighted by Gasteiger charge is -2.15. The van der Waals surface area contributed by atoms with Crippen LogP contribution in [0, 0.1) is 0 Å². The summed E-state index contributed by atoms with van der Waals surface area (Å²) in [6.45, 7) is 1.98. The van der Waals surface area contributed by atoms with Crippen molar-refractivity contribution < 1.29 is 4.79 Å². The van der Waals surface area contributed by atoms with Crippen LogP contribution in [0.25, 0.3) is 0 Å². The second kappa shape index (κ2) is 5.90. The number of nitrogen functional groups attached to an aromatic ring is 1. The molecule has 0 unspecified atom stereocenters. The highest BCUT2D eigenvalue weighted by molar-refractivity contribution is 7.98. The Kier molecular flexibility index (Phi) is 4.24. The first-order valence-corrected chi connectivity index (χ1v) is 7.11. The van der Waals surface area contributed by atoms with Gasteiger partial charge in [-0.15, -0.1) is 0 Å². The van der Waals surface area contributed by atoms with Crippen molar-refractivity contribution in [3.63, 3.8) is 0 Å². The van der Waals surface area contributed by atoms with E-state index in [1.165, 1.54) is 11.8 Å². The number of nitrogens with zero attached hydrogens (tertiary/aromatic N) is 3. The van der Waals surface area contributed by atoms with E-state index in [9.17, 15) is 4.79 Å². The molecule has 6 nitrogen and oxygen atoms in total. The number of carbonyl (C=O) groups is 1. The highest BCUT2D eigenvalue weighted by Gasteiger charge is 2.17. The molecule has 1 fully saturated rings. The van der Waals surface area contributed by atoms with Gasteiger partial charge in [0.05, 0.1) is 6.54 Å². The van der Waals surface area contributed by atoms with E-state index in [0.717, 1.165) is 25.9 Å². The smallest absolute Gasteiger partial charge is 0.241 e. The summed E-state index contributed by atoms with van der Waals surface area (Å²) in [4.78, 5) is 22.0. The van der Waals surface area contributed by atoms with E-state index in [4.69, 9.17) is 5.73 Å². The molecule has 0 atom stereocenters. The minimum atomic E-state index is 0.107. The minimum absolute atomic E-state index is 0.107. The second-order valence-electron chi connectivity index (χ2n) is 4.11. The van der Waals surface area contributed by atoms with Gasteiger partial charge in [0, 0.05) is 19.2 Å². The van der Waals surface area contributed by atoms with E-state index in [0.29, 0.717) is 16.8 Å². The number of anilines is 2. The van der Waals surface area contributed by atoms with Crippen LogP contribution in [-0.2, 0) is 4.79 Å². The molecule has 0 spiro atoms. The molecule has 2 rings (SSSR count). The zero-order valence-electron chi connectivity index (χ0n) is 10.3. The molecule has 0 saturated carbocycles. The van der Waals surface area contributed by atoms with Crippen LogP contribution in [-0.4, -0.2) is 46.7 Å². The quantitative estimate of drug-likeness (QED) is 0.620. The van der Waals surface area contributed by atoms with Gasteiger partial charge in [0.25, 0.3) is 0 Å². The van der Waals surface area contributed by atoms with Gasteiger partial charge in [-0.05, 0) is 19.1 Å². The van der Waals surface area contributed by atoms with E-state index in [2.05, 4.69) is 15.3 Å². The van der Waals surface area contributed by atoms with E-state index in [1.807, 2.05) is 11.2 Å². The van der Waals surface area contributed by atoms with Crippen LogP contribution in [0.1, 0.15) is 12.8 Å². The lowest BCUT2D eigenvalue weighted by atomic mass is 10.4. The number of amides is 1. The summed E-state index contributed by atoms with van der Waals surface area (Å²) in [5.74, 6) is 1.11. The Labute approximate surface area is 110 Å². The average molecular weight is 267 g/mol. The molecule has 0 bridgehead atoms. The fourth-order valence-corrected chi connectivity index (χ4v) is 2.26. The van der Waals surface area contributed by atoms with Crippen molar-refractivity contribution in [2.45, 2.75) is 18.0 Å². The lowest BCUT2D eigenvalue weighted by molar-refractivity contribution is -0.128. The predicted octanol–water partition coefficient (Wildman–Crippen LogP) is 0.815. The predicted molar refractivity (Wildman–Crippen MR) is 72.5 cm³/mol. The number of rotatable bonds is 4. The Balaban J connectivity index is 1.92. The minimum Gasteiger partial charge on any atom is -0.383 e. The third-order valence-corrected chi connectivity index (χ3v) is 3.34. The first-order chi connectivity index (χ1) is 8.69. The molecule has 1 amide bonds. The van der Waals surface area contributed by atoms with E-state index in [-0.39, 0.29) is 12.5 Å². The average Bonchev–Trinajstić information content (AvgIpc) is 2.89. The van der Waals surface area contributed by atoms with Crippen LogP contribution < -0.4 is 11.1 Å². The number of thioether (sulfide) groups is 1.